The Morgan fingerprint density at radius 1 is 1.30 bits per heavy atom. The maximum absolute atomic E-state index is 12.4. The van der Waals surface area contributed by atoms with Gasteiger partial charge < -0.3 is 4.42 Å². The molecule has 1 aliphatic rings. The van der Waals surface area contributed by atoms with Gasteiger partial charge in [-0.25, -0.2) is 13.1 Å². The fraction of sp³-hybridized carbons (Fsp3) is 0.286. The molecule has 0 spiro atoms. The van der Waals surface area contributed by atoms with E-state index in [0.717, 1.165) is 30.6 Å². The largest absolute Gasteiger partial charge is 0.469 e. The fourth-order valence-electron chi connectivity index (χ4n) is 2.50. The number of hydrogen-bond acceptors (Lipinski definition) is 3. The summed E-state index contributed by atoms with van der Waals surface area (Å²) < 4.78 is 32.9. The van der Waals surface area contributed by atoms with Crippen molar-refractivity contribution in [3.05, 3.63) is 52.9 Å². The SMILES string of the molecule is O=S(=O)(N[C@@H]1CCCc2occc21)c1cccc(Cl)c1. The number of benzene rings is 1. The Bertz CT molecular complexity index is 724. The zero-order chi connectivity index (χ0) is 14.2. The molecule has 0 amide bonds. The minimum absolute atomic E-state index is 0.181. The van der Waals surface area contributed by atoms with Crippen LogP contribution in [-0.4, -0.2) is 8.42 Å². The standard InChI is InChI=1S/C14H14ClNO3S/c15-10-3-1-4-11(9-10)20(17,18)16-13-5-2-6-14-12(13)7-8-19-14/h1,3-4,7-9,13,16H,2,5-6H2/t13-/m1/s1. The van der Waals surface area contributed by atoms with Gasteiger partial charge in [0.25, 0.3) is 0 Å². The lowest BCUT2D eigenvalue weighted by Crippen LogP contribution is -2.30. The molecule has 1 aromatic heterocycles. The van der Waals surface area contributed by atoms with Crippen LogP contribution in [0.5, 0.6) is 0 Å². The lowest BCUT2D eigenvalue weighted by Gasteiger charge is -2.22. The molecule has 0 fully saturated rings. The van der Waals surface area contributed by atoms with Gasteiger partial charge in [0.1, 0.15) is 5.76 Å². The zero-order valence-corrected chi connectivity index (χ0v) is 12.2. The third-order valence-corrected chi connectivity index (χ3v) is 5.16. The molecule has 4 nitrogen and oxygen atoms in total. The van der Waals surface area contributed by atoms with Crippen molar-refractivity contribution in [1.29, 1.82) is 0 Å². The molecule has 106 valence electrons. The molecule has 1 aromatic carbocycles. The van der Waals surface area contributed by atoms with Crippen LogP contribution in [0.1, 0.15) is 30.2 Å². The third-order valence-electron chi connectivity index (χ3n) is 3.46. The van der Waals surface area contributed by atoms with E-state index in [1.165, 1.54) is 12.1 Å². The summed E-state index contributed by atoms with van der Waals surface area (Å²) in [6.07, 6.45) is 4.14. The van der Waals surface area contributed by atoms with E-state index in [2.05, 4.69) is 4.72 Å². The highest BCUT2D eigenvalue weighted by molar-refractivity contribution is 7.89. The van der Waals surface area contributed by atoms with Crippen LogP contribution >= 0.6 is 11.6 Å². The van der Waals surface area contributed by atoms with E-state index in [1.807, 2.05) is 6.07 Å². The van der Waals surface area contributed by atoms with E-state index in [-0.39, 0.29) is 10.9 Å². The average Bonchev–Trinajstić information content (AvgIpc) is 2.88. The van der Waals surface area contributed by atoms with E-state index >= 15 is 0 Å². The molecule has 0 saturated heterocycles. The first-order chi connectivity index (χ1) is 9.56. The molecular weight excluding hydrogens is 298 g/mol. The van der Waals surface area contributed by atoms with Gasteiger partial charge in [0.15, 0.2) is 0 Å². The lowest BCUT2D eigenvalue weighted by atomic mass is 9.94. The summed E-state index contributed by atoms with van der Waals surface area (Å²) >= 11 is 5.85. The Kier molecular flexibility index (Phi) is 3.58. The van der Waals surface area contributed by atoms with Crippen molar-refractivity contribution >= 4 is 21.6 Å². The number of nitrogens with one attached hydrogen (secondary N) is 1. The average molecular weight is 312 g/mol. The minimum Gasteiger partial charge on any atom is -0.469 e. The summed E-state index contributed by atoms with van der Waals surface area (Å²) in [6, 6.07) is 7.85. The van der Waals surface area contributed by atoms with Crippen LogP contribution < -0.4 is 4.72 Å². The molecule has 0 radical (unpaired) electrons. The molecule has 0 aliphatic heterocycles. The summed E-state index contributed by atoms with van der Waals surface area (Å²) in [5, 5.41) is 0.403. The Labute approximate surface area is 122 Å². The number of hydrogen-bond donors (Lipinski definition) is 1. The second kappa shape index (κ2) is 5.24. The van der Waals surface area contributed by atoms with Crippen molar-refractivity contribution < 1.29 is 12.8 Å². The zero-order valence-electron chi connectivity index (χ0n) is 10.7. The van der Waals surface area contributed by atoms with Gasteiger partial charge in [-0.15, -0.1) is 0 Å². The van der Waals surface area contributed by atoms with Crippen LogP contribution in [0.25, 0.3) is 0 Å². The van der Waals surface area contributed by atoms with Crippen LogP contribution in [0.3, 0.4) is 0 Å². The lowest BCUT2D eigenvalue weighted by molar-refractivity contribution is 0.438. The molecule has 1 aliphatic carbocycles. The first-order valence-corrected chi connectivity index (χ1v) is 8.26. The predicted octanol–water partition coefficient (Wildman–Crippen LogP) is 3.29. The van der Waals surface area contributed by atoms with Crippen molar-refractivity contribution in [3.8, 4) is 0 Å². The van der Waals surface area contributed by atoms with Gasteiger partial charge in [0.05, 0.1) is 17.2 Å². The van der Waals surface area contributed by atoms with E-state index in [1.54, 1.807) is 18.4 Å². The summed E-state index contributed by atoms with van der Waals surface area (Å²) in [5.41, 5.74) is 0.932. The quantitative estimate of drug-likeness (QED) is 0.946. The summed E-state index contributed by atoms with van der Waals surface area (Å²) in [6.45, 7) is 0. The van der Waals surface area contributed by atoms with Crippen molar-refractivity contribution in [2.45, 2.75) is 30.2 Å². The number of halogens is 1. The molecular formula is C14H14ClNO3S. The number of aryl methyl sites for hydroxylation is 1. The van der Waals surface area contributed by atoms with Gasteiger partial charge in [-0.1, -0.05) is 17.7 Å². The second-order valence-corrected chi connectivity index (χ2v) is 6.97. The van der Waals surface area contributed by atoms with Gasteiger partial charge in [-0.2, -0.15) is 0 Å². The molecule has 20 heavy (non-hydrogen) atoms. The highest BCUT2D eigenvalue weighted by atomic mass is 35.5. The van der Waals surface area contributed by atoms with Crippen molar-refractivity contribution in [3.63, 3.8) is 0 Å². The van der Waals surface area contributed by atoms with Crippen LogP contribution in [-0.2, 0) is 16.4 Å². The number of furan rings is 1. The van der Waals surface area contributed by atoms with Crippen LogP contribution in [0, 0.1) is 0 Å². The molecule has 0 bridgehead atoms. The first kappa shape index (κ1) is 13.7. The summed E-state index contributed by atoms with van der Waals surface area (Å²) in [7, 11) is -3.58. The Morgan fingerprint density at radius 2 is 2.15 bits per heavy atom. The van der Waals surface area contributed by atoms with E-state index in [4.69, 9.17) is 16.0 Å². The number of sulfonamides is 1. The van der Waals surface area contributed by atoms with Gasteiger partial charge in [0, 0.05) is 17.0 Å². The van der Waals surface area contributed by atoms with E-state index < -0.39 is 10.0 Å². The van der Waals surface area contributed by atoms with E-state index in [9.17, 15) is 8.42 Å². The maximum Gasteiger partial charge on any atom is 0.241 e. The minimum atomic E-state index is -3.58. The van der Waals surface area contributed by atoms with Gasteiger partial charge >= 0.3 is 0 Å². The Balaban J connectivity index is 1.89. The van der Waals surface area contributed by atoms with Gasteiger partial charge in [-0.05, 0) is 37.1 Å². The molecule has 0 saturated carbocycles. The fourth-order valence-corrected chi connectivity index (χ4v) is 4.05. The van der Waals surface area contributed by atoms with Crippen molar-refractivity contribution in [2.24, 2.45) is 0 Å². The van der Waals surface area contributed by atoms with Gasteiger partial charge in [0.2, 0.25) is 10.0 Å². The van der Waals surface area contributed by atoms with Crippen LogP contribution in [0.4, 0.5) is 0 Å². The summed E-state index contributed by atoms with van der Waals surface area (Å²) in [5.74, 6) is 0.870. The molecule has 0 unspecified atom stereocenters. The van der Waals surface area contributed by atoms with Crippen molar-refractivity contribution in [1.82, 2.24) is 4.72 Å². The number of rotatable bonds is 3. The molecule has 1 atom stereocenters. The Morgan fingerprint density at radius 3 is 2.95 bits per heavy atom. The molecule has 3 rings (SSSR count). The van der Waals surface area contributed by atoms with E-state index in [0.29, 0.717) is 5.02 Å². The highest BCUT2D eigenvalue weighted by Crippen LogP contribution is 2.31. The monoisotopic (exact) mass is 311 g/mol. The van der Waals surface area contributed by atoms with Crippen LogP contribution in [0.2, 0.25) is 5.02 Å². The smallest absolute Gasteiger partial charge is 0.241 e. The van der Waals surface area contributed by atoms with Crippen molar-refractivity contribution in [2.75, 3.05) is 0 Å². The third kappa shape index (κ3) is 2.61. The first-order valence-electron chi connectivity index (χ1n) is 6.40. The predicted molar refractivity (Wildman–Crippen MR) is 76.2 cm³/mol. The summed E-state index contributed by atoms with van der Waals surface area (Å²) in [4.78, 5) is 0.181. The molecule has 1 N–H and O–H groups in total. The molecule has 2 aromatic rings. The topological polar surface area (TPSA) is 59.3 Å². The normalized spacial score (nSPS) is 18.8. The molecule has 6 heteroatoms. The number of fused-ring (bicyclic) bond motifs is 1. The van der Waals surface area contributed by atoms with Crippen LogP contribution in [0.15, 0.2) is 45.9 Å². The molecule has 1 heterocycles. The maximum atomic E-state index is 12.4. The van der Waals surface area contributed by atoms with Gasteiger partial charge in [-0.3, -0.25) is 0 Å². The Hall–Kier alpha value is -1.30. The highest BCUT2D eigenvalue weighted by Gasteiger charge is 2.27. The second-order valence-electron chi connectivity index (χ2n) is 4.82.